The summed E-state index contributed by atoms with van der Waals surface area (Å²) in [4.78, 5) is 13.4. The summed E-state index contributed by atoms with van der Waals surface area (Å²) in [7, 11) is -3.31. The zero-order chi connectivity index (χ0) is 19.3. The number of rotatable bonds is 10. The summed E-state index contributed by atoms with van der Waals surface area (Å²) in [6.45, 7) is 0.535. The van der Waals surface area contributed by atoms with Crippen molar-refractivity contribution >= 4 is 38.7 Å². The highest BCUT2D eigenvalue weighted by molar-refractivity contribution is 7.91. The van der Waals surface area contributed by atoms with Crippen LogP contribution in [0.5, 0.6) is 0 Å². The third kappa shape index (κ3) is 5.56. The Bertz CT molecular complexity index is 848. The molecule has 1 amide bonds. The molecule has 7 heteroatoms. The fraction of sp³-hybridized carbons (Fsp3) is 0.450. The van der Waals surface area contributed by atoms with E-state index >= 15 is 0 Å². The van der Waals surface area contributed by atoms with Gasteiger partial charge in [-0.2, -0.15) is 11.3 Å². The van der Waals surface area contributed by atoms with E-state index in [2.05, 4.69) is 0 Å². The van der Waals surface area contributed by atoms with Crippen LogP contribution in [-0.2, 0) is 26.8 Å². The summed E-state index contributed by atoms with van der Waals surface area (Å²) >= 11 is 7.37. The summed E-state index contributed by atoms with van der Waals surface area (Å²) in [5, 5.41) is 3.84. The summed E-state index contributed by atoms with van der Waals surface area (Å²) in [6.07, 6.45) is 5.12. The molecule has 1 aliphatic rings. The average Bonchev–Trinajstić information content (AvgIpc) is 3.12. The van der Waals surface area contributed by atoms with E-state index in [0.717, 1.165) is 42.7 Å². The van der Waals surface area contributed by atoms with Crippen molar-refractivity contribution in [1.29, 1.82) is 0 Å². The molecule has 1 saturated heterocycles. The first-order valence-corrected chi connectivity index (χ1v) is 12.3. The van der Waals surface area contributed by atoms with Gasteiger partial charge >= 0.3 is 0 Å². The van der Waals surface area contributed by atoms with Gasteiger partial charge in [0.05, 0.1) is 12.2 Å². The number of halogens is 1. The summed E-state index contributed by atoms with van der Waals surface area (Å²) in [5.41, 5.74) is 2.08. The Morgan fingerprint density at radius 2 is 1.78 bits per heavy atom. The predicted molar refractivity (Wildman–Crippen MR) is 111 cm³/mol. The molecule has 4 nitrogen and oxygen atoms in total. The van der Waals surface area contributed by atoms with E-state index in [9.17, 15) is 13.2 Å². The van der Waals surface area contributed by atoms with Crippen molar-refractivity contribution in [3.8, 4) is 0 Å². The van der Waals surface area contributed by atoms with Crippen LogP contribution in [-0.4, -0.2) is 31.1 Å². The van der Waals surface area contributed by atoms with Crippen molar-refractivity contribution in [2.24, 2.45) is 0 Å². The Kier molecular flexibility index (Phi) is 6.95. The Labute approximate surface area is 170 Å². The van der Waals surface area contributed by atoms with Crippen LogP contribution in [0.3, 0.4) is 0 Å². The maximum Gasteiger partial charge on any atom is 0.226 e. The smallest absolute Gasteiger partial charge is 0.226 e. The SMILES string of the molecule is O=C1CC(S(=O)(=O)Cc2ccsc2)N1CCCCCCc1ccc(Cl)cc1. The Balaban J connectivity index is 1.38. The van der Waals surface area contributed by atoms with Crippen LogP contribution in [0.25, 0.3) is 0 Å². The topological polar surface area (TPSA) is 54.5 Å². The Morgan fingerprint density at radius 3 is 2.44 bits per heavy atom. The molecule has 3 rings (SSSR count). The minimum atomic E-state index is -3.31. The molecule has 0 aliphatic carbocycles. The van der Waals surface area contributed by atoms with Crippen molar-refractivity contribution in [3.63, 3.8) is 0 Å². The predicted octanol–water partition coefficient (Wildman–Crippen LogP) is 4.68. The van der Waals surface area contributed by atoms with Crippen molar-refractivity contribution in [2.45, 2.75) is 49.7 Å². The number of sulfone groups is 1. The van der Waals surface area contributed by atoms with Gasteiger partial charge < -0.3 is 4.90 Å². The number of amides is 1. The van der Waals surface area contributed by atoms with Crippen LogP contribution in [0, 0.1) is 0 Å². The molecule has 0 saturated carbocycles. The maximum atomic E-state index is 12.6. The first-order valence-electron chi connectivity index (χ1n) is 9.22. The number of unbranched alkanes of at least 4 members (excludes halogenated alkanes) is 3. The lowest BCUT2D eigenvalue weighted by atomic mass is 10.1. The molecule has 1 fully saturated rings. The van der Waals surface area contributed by atoms with Gasteiger partial charge in [-0.3, -0.25) is 4.79 Å². The van der Waals surface area contributed by atoms with Crippen molar-refractivity contribution < 1.29 is 13.2 Å². The lowest BCUT2D eigenvalue weighted by Gasteiger charge is -2.39. The second-order valence-electron chi connectivity index (χ2n) is 6.98. The van der Waals surface area contributed by atoms with E-state index in [1.165, 1.54) is 16.9 Å². The number of likely N-dealkylation sites (tertiary alicyclic amines) is 1. The standard InChI is InChI=1S/C20H24ClNO3S2/c21-18-8-6-16(7-9-18)5-3-1-2-4-11-22-19(23)13-20(22)27(24,25)15-17-10-12-26-14-17/h6-10,12,14,20H,1-5,11,13,15H2. The van der Waals surface area contributed by atoms with Gasteiger partial charge in [0.1, 0.15) is 5.37 Å². The molecule has 0 N–H and O–H groups in total. The molecule has 1 aromatic carbocycles. The van der Waals surface area contributed by atoms with E-state index in [0.29, 0.717) is 6.54 Å². The molecular formula is C20H24ClNO3S2. The number of hydrogen-bond acceptors (Lipinski definition) is 4. The minimum Gasteiger partial charge on any atom is -0.325 e. The van der Waals surface area contributed by atoms with Gasteiger partial charge in [0.25, 0.3) is 0 Å². The lowest BCUT2D eigenvalue weighted by Crippen LogP contribution is -2.56. The van der Waals surface area contributed by atoms with E-state index in [4.69, 9.17) is 11.6 Å². The van der Waals surface area contributed by atoms with Crippen molar-refractivity contribution in [3.05, 3.63) is 57.2 Å². The zero-order valence-corrected chi connectivity index (χ0v) is 17.5. The molecule has 146 valence electrons. The van der Waals surface area contributed by atoms with Crippen molar-refractivity contribution in [2.75, 3.05) is 6.54 Å². The molecule has 1 aromatic heterocycles. The third-order valence-electron chi connectivity index (χ3n) is 4.91. The van der Waals surface area contributed by atoms with E-state index in [-0.39, 0.29) is 18.1 Å². The number of β-lactam (4-membered cyclic amide) rings is 1. The van der Waals surface area contributed by atoms with Crippen LogP contribution < -0.4 is 0 Å². The number of benzene rings is 1. The zero-order valence-electron chi connectivity index (χ0n) is 15.1. The number of nitrogens with zero attached hydrogens (tertiary/aromatic N) is 1. The molecule has 2 heterocycles. The second-order valence-corrected chi connectivity index (χ2v) is 10.4. The highest BCUT2D eigenvalue weighted by atomic mass is 35.5. The quantitative estimate of drug-likeness (QED) is 0.410. The number of aryl methyl sites for hydroxylation is 1. The summed E-state index contributed by atoms with van der Waals surface area (Å²) in [5.74, 6) is -0.0264. The van der Waals surface area contributed by atoms with Crippen LogP contribution in [0.2, 0.25) is 5.02 Å². The lowest BCUT2D eigenvalue weighted by molar-refractivity contribution is -0.141. The fourth-order valence-corrected chi connectivity index (χ4v) is 6.08. The first kappa shape index (κ1) is 20.4. The summed E-state index contributed by atoms with van der Waals surface area (Å²) < 4.78 is 25.1. The van der Waals surface area contributed by atoms with Crippen molar-refractivity contribution in [1.82, 2.24) is 4.90 Å². The molecule has 1 atom stereocenters. The van der Waals surface area contributed by atoms with Gasteiger partial charge in [-0.05, 0) is 59.3 Å². The maximum absolute atomic E-state index is 12.6. The molecule has 0 spiro atoms. The van der Waals surface area contributed by atoms with Crippen LogP contribution in [0.4, 0.5) is 0 Å². The number of thiophene rings is 1. The molecule has 1 aliphatic heterocycles. The number of carbonyl (C=O) groups excluding carboxylic acids is 1. The third-order valence-corrected chi connectivity index (χ3v) is 7.88. The molecule has 0 radical (unpaired) electrons. The van der Waals surface area contributed by atoms with Crippen LogP contribution >= 0.6 is 22.9 Å². The Morgan fingerprint density at radius 1 is 1.04 bits per heavy atom. The molecular weight excluding hydrogens is 402 g/mol. The van der Waals surface area contributed by atoms with E-state index in [1.807, 2.05) is 41.1 Å². The number of hydrogen-bond donors (Lipinski definition) is 0. The average molecular weight is 426 g/mol. The highest BCUT2D eigenvalue weighted by Gasteiger charge is 2.44. The highest BCUT2D eigenvalue weighted by Crippen LogP contribution is 2.28. The first-order chi connectivity index (χ1) is 13.0. The molecule has 2 aromatic rings. The van der Waals surface area contributed by atoms with Gasteiger partial charge in [-0.1, -0.05) is 36.6 Å². The fourth-order valence-electron chi connectivity index (χ4n) is 3.33. The van der Waals surface area contributed by atoms with Crippen LogP contribution in [0.1, 0.15) is 43.2 Å². The monoisotopic (exact) mass is 425 g/mol. The molecule has 0 bridgehead atoms. The van der Waals surface area contributed by atoms with Gasteiger partial charge in [0.15, 0.2) is 9.84 Å². The molecule has 27 heavy (non-hydrogen) atoms. The van der Waals surface area contributed by atoms with Crippen LogP contribution in [0.15, 0.2) is 41.1 Å². The van der Waals surface area contributed by atoms with Gasteiger partial charge in [-0.15, -0.1) is 0 Å². The van der Waals surface area contributed by atoms with Gasteiger partial charge in [-0.25, -0.2) is 8.42 Å². The number of carbonyl (C=O) groups is 1. The van der Waals surface area contributed by atoms with E-state index in [1.54, 1.807) is 4.90 Å². The van der Waals surface area contributed by atoms with Gasteiger partial charge in [0, 0.05) is 11.6 Å². The second kappa shape index (κ2) is 9.22. The van der Waals surface area contributed by atoms with Gasteiger partial charge in [0.2, 0.25) is 5.91 Å². The molecule has 1 unspecified atom stereocenters. The van der Waals surface area contributed by atoms with E-state index < -0.39 is 15.2 Å². The largest absolute Gasteiger partial charge is 0.325 e. The minimum absolute atomic E-state index is 0.0199. The normalized spacial score (nSPS) is 17.1. The Hall–Kier alpha value is -1.37. The summed E-state index contributed by atoms with van der Waals surface area (Å²) in [6, 6.07) is 9.73.